The lowest BCUT2D eigenvalue weighted by molar-refractivity contribution is -0.141. The van der Waals surface area contributed by atoms with E-state index in [1.54, 1.807) is 24.3 Å². The minimum absolute atomic E-state index is 0.114. The van der Waals surface area contributed by atoms with E-state index < -0.39 is 18.7 Å². The molecule has 1 aromatic carbocycles. The Morgan fingerprint density at radius 1 is 1.38 bits per heavy atom. The summed E-state index contributed by atoms with van der Waals surface area (Å²) in [6.45, 7) is -0.626. The van der Waals surface area contributed by atoms with Gasteiger partial charge >= 0.3 is 5.97 Å². The van der Waals surface area contributed by atoms with Crippen LogP contribution in [-0.4, -0.2) is 46.2 Å². The number of nitrogens with zero attached hydrogens (tertiary/aromatic N) is 1. The van der Waals surface area contributed by atoms with Crippen molar-refractivity contribution in [3.05, 3.63) is 47.6 Å². The van der Waals surface area contributed by atoms with Crippen molar-refractivity contribution >= 4 is 17.4 Å². The van der Waals surface area contributed by atoms with Gasteiger partial charge in [-0.15, -0.1) is 0 Å². The molecule has 2 aliphatic heterocycles. The Balaban J connectivity index is 2.22. The first-order valence-corrected chi connectivity index (χ1v) is 6.41. The van der Waals surface area contributed by atoms with Gasteiger partial charge < -0.3 is 19.8 Å². The molecule has 2 N–H and O–H groups in total. The minimum Gasteiger partial charge on any atom is -0.485 e. The highest BCUT2D eigenvalue weighted by atomic mass is 16.5. The van der Waals surface area contributed by atoms with Crippen LogP contribution in [0, 0.1) is 0 Å². The number of benzene rings is 1. The van der Waals surface area contributed by atoms with Crippen LogP contribution in [0.3, 0.4) is 0 Å². The molecule has 108 valence electrons. The molecule has 0 aliphatic carbocycles. The number of carbonyl (C=O) groups is 2. The molecule has 0 amide bonds. The summed E-state index contributed by atoms with van der Waals surface area (Å²) in [5.41, 5.74) is 1.35. The van der Waals surface area contributed by atoms with E-state index in [2.05, 4.69) is 0 Å². The number of Topliss-reactive ketones (excluding diaryl/α,β-unsaturated/α-hetero) is 1. The van der Waals surface area contributed by atoms with Crippen LogP contribution in [0.5, 0.6) is 5.75 Å². The highest BCUT2D eigenvalue weighted by Gasteiger charge is 2.34. The summed E-state index contributed by atoms with van der Waals surface area (Å²) in [6.07, 6.45) is 2.89. The lowest BCUT2D eigenvalue weighted by atomic mass is 9.96. The lowest BCUT2D eigenvalue weighted by Crippen LogP contribution is -2.41. The SMILES string of the molecule is O=C1COc2ccccc2C2=C1C=CC(C(=O)O)N2CO. The Kier molecular flexibility index (Phi) is 3.23. The van der Waals surface area contributed by atoms with Crippen molar-refractivity contribution in [3.8, 4) is 5.75 Å². The molecule has 0 bridgehead atoms. The van der Waals surface area contributed by atoms with Gasteiger partial charge in [0.25, 0.3) is 0 Å². The highest BCUT2D eigenvalue weighted by molar-refractivity contribution is 6.08. The fourth-order valence-electron chi connectivity index (χ4n) is 2.57. The van der Waals surface area contributed by atoms with Gasteiger partial charge in [0.05, 0.1) is 5.70 Å². The standard InChI is InChI=1S/C15H13NO5/c17-8-16-11(15(19)20)6-5-9-12(18)7-21-13-4-2-1-3-10(13)14(9)16/h1-6,11,17H,7-8H2,(H,19,20). The van der Waals surface area contributed by atoms with Gasteiger partial charge in [-0.3, -0.25) is 4.79 Å². The normalized spacial score (nSPS) is 20.5. The maximum atomic E-state index is 12.2. The zero-order chi connectivity index (χ0) is 15.0. The number of aliphatic carboxylic acids is 1. The van der Waals surface area contributed by atoms with Crippen LogP contribution in [0.15, 0.2) is 42.0 Å². The molecule has 6 nitrogen and oxygen atoms in total. The fraction of sp³-hybridized carbons (Fsp3) is 0.200. The molecule has 0 fully saturated rings. The van der Waals surface area contributed by atoms with Gasteiger partial charge in [-0.1, -0.05) is 24.3 Å². The number of ketones is 1. The largest absolute Gasteiger partial charge is 0.485 e. The average molecular weight is 287 g/mol. The van der Waals surface area contributed by atoms with E-state index in [-0.39, 0.29) is 12.4 Å². The van der Waals surface area contributed by atoms with Crippen LogP contribution in [-0.2, 0) is 9.59 Å². The van der Waals surface area contributed by atoms with Crippen LogP contribution in [0.2, 0.25) is 0 Å². The molecule has 2 aliphatic rings. The summed E-state index contributed by atoms with van der Waals surface area (Å²) in [4.78, 5) is 24.8. The van der Waals surface area contributed by atoms with E-state index in [1.807, 2.05) is 0 Å². The monoisotopic (exact) mass is 287 g/mol. The summed E-state index contributed by atoms with van der Waals surface area (Å²) in [7, 11) is 0. The number of hydrogen-bond donors (Lipinski definition) is 2. The summed E-state index contributed by atoms with van der Waals surface area (Å²) in [6, 6.07) is 5.97. The van der Waals surface area contributed by atoms with Crippen molar-refractivity contribution in [1.29, 1.82) is 0 Å². The molecule has 21 heavy (non-hydrogen) atoms. The first kappa shape index (κ1) is 13.4. The van der Waals surface area contributed by atoms with E-state index in [9.17, 15) is 19.8 Å². The van der Waals surface area contributed by atoms with E-state index in [1.165, 1.54) is 17.1 Å². The number of carboxylic acids is 1. The van der Waals surface area contributed by atoms with Crippen LogP contribution in [0.1, 0.15) is 5.56 Å². The number of fused-ring (bicyclic) bond motifs is 2. The lowest BCUT2D eigenvalue weighted by Gasteiger charge is -2.33. The maximum Gasteiger partial charge on any atom is 0.330 e. The molecule has 3 rings (SSSR count). The third kappa shape index (κ3) is 2.09. The second-order valence-electron chi connectivity index (χ2n) is 4.72. The molecule has 1 unspecified atom stereocenters. The van der Waals surface area contributed by atoms with Crippen LogP contribution in [0.25, 0.3) is 5.70 Å². The molecule has 0 saturated heterocycles. The van der Waals surface area contributed by atoms with E-state index in [0.29, 0.717) is 22.6 Å². The Morgan fingerprint density at radius 3 is 2.86 bits per heavy atom. The molecular formula is C15H13NO5. The van der Waals surface area contributed by atoms with Gasteiger partial charge in [0.15, 0.2) is 6.61 Å². The zero-order valence-corrected chi connectivity index (χ0v) is 11.0. The van der Waals surface area contributed by atoms with Crippen molar-refractivity contribution < 1.29 is 24.5 Å². The quantitative estimate of drug-likeness (QED) is 0.830. The second-order valence-corrected chi connectivity index (χ2v) is 4.72. The average Bonchev–Trinajstić information content (AvgIpc) is 2.64. The summed E-state index contributed by atoms with van der Waals surface area (Å²) >= 11 is 0. The molecule has 1 aromatic rings. The second kappa shape index (κ2) is 5.06. The third-order valence-electron chi connectivity index (χ3n) is 3.53. The van der Waals surface area contributed by atoms with Crippen molar-refractivity contribution in [2.24, 2.45) is 0 Å². The minimum atomic E-state index is -1.10. The van der Waals surface area contributed by atoms with Crippen molar-refractivity contribution in [2.45, 2.75) is 6.04 Å². The van der Waals surface area contributed by atoms with Gasteiger partial charge in [0.2, 0.25) is 5.78 Å². The first-order chi connectivity index (χ1) is 10.1. The number of allylic oxidation sites excluding steroid dienone is 1. The summed E-state index contributed by atoms with van der Waals surface area (Å²) < 4.78 is 5.46. The van der Waals surface area contributed by atoms with E-state index >= 15 is 0 Å². The van der Waals surface area contributed by atoms with Gasteiger partial charge in [0, 0.05) is 11.1 Å². The van der Waals surface area contributed by atoms with Gasteiger partial charge in [0.1, 0.15) is 18.5 Å². The highest BCUT2D eigenvalue weighted by Crippen LogP contribution is 2.37. The maximum absolute atomic E-state index is 12.2. The predicted molar refractivity (Wildman–Crippen MR) is 73.4 cm³/mol. The zero-order valence-electron chi connectivity index (χ0n) is 11.0. The summed E-state index contributed by atoms with van der Waals surface area (Å²) in [5, 5.41) is 18.9. The van der Waals surface area contributed by atoms with Crippen LogP contribution < -0.4 is 4.74 Å². The number of aliphatic hydroxyl groups excluding tert-OH is 1. The number of para-hydroxylation sites is 1. The molecular weight excluding hydrogens is 274 g/mol. The van der Waals surface area contributed by atoms with Crippen molar-refractivity contribution in [2.75, 3.05) is 13.3 Å². The first-order valence-electron chi connectivity index (χ1n) is 6.41. The Bertz CT molecular complexity index is 676. The molecule has 0 saturated carbocycles. The van der Waals surface area contributed by atoms with Crippen LogP contribution >= 0.6 is 0 Å². The van der Waals surface area contributed by atoms with Crippen LogP contribution in [0.4, 0.5) is 0 Å². The smallest absolute Gasteiger partial charge is 0.330 e. The molecule has 0 aromatic heterocycles. The number of carbonyl (C=O) groups excluding carboxylic acids is 1. The van der Waals surface area contributed by atoms with Crippen molar-refractivity contribution in [1.82, 2.24) is 4.90 Å². The number of rotatable bonds is 2. The van der Waals surface area contributed by atoms with Crippen molar-refractivity contribution in [3.63, 3.8) is 0 Å². The Labute approximate surface area is 120 Å². The number of carboxylic acid groups (broad SMARTS) is 1. The molecule has 6 heteroatoms. The molecule has 0 spiro atoms. The number of hydrogen-bond acceptors (Lipinski definition) is 5. The van der Waals surface area contributed by atoms with E-state index in [4.69, 9.17) is 4.74 Å². The number of ether oxygens (including phenoxy) is 1. The molecule has 0 radical (unpaired) electrons. The van der Waals surface area contributed by atoms with Gasteiger partial charge in [-0.25, -0.2) is 4.79 Å². The fourth-order valence-corrected chi connectivity index (χ4v) is 2.57. The predicted octanol–water partition coefficient (Wildman–Crippen LogP) is 0.634. The number of aliphatic hydroxyl groups is 1. The summed E-state index contributed by atoms with van der Waals surface area (Å²) in [5.74, 6) is -0.851. The molecule has 1 atom stereocenters. The topological polar surface area (TPSA) is 87.1 Å². The third-order valence-corrected chi connectivity index (χ3v) is 3.53. The molecule has 2 heterocycles. The van der Waals surface area contributed by atoms with Gasteiger partial charge in [-0.2, -0.15) is 0 Å². The Hall–Kier alpha value is -2.60. The van der Waals surface area contributed by atoms with E-state index in [0.717, 1.165) is 0 Å². The van der Waals surface area contributed by atoms with Gasteiger partial charge in [-0.05, 0) is 12.1 Å². The Morgan fingerprint density at radius 2 is 2.14 bits per heavy atom.